The van der Waals surface area contributed by atoms with E-state index in [-0.39, 0.29) is 5.54 Å². The number of aromatic amines is 1. The molecule has 0 unspecified atom stereocenters. The van der Waals surface area contributed by atoms with Gasteiger partial charge in [0.25, 0.3) is 0 Å². The van der Waals surface area contributed by atoms with Crippen molar-refractivity contribution in [2.45, 2.75) is 33.2 Å². The Hall–Kier alpha value is -0.990. The highest BCUT2D eigenvalue weighted by Gasteiger charge is 2.09. The van der Waals surface area contributed by atoms with Gasteiger partial charge in [-0.25, -0.2) is 4.98 Å². The van der Waals surface area contributed by atoms with E-state index in [2.05, 4.69) is 36.1 Å². The molecular formula is C8H15N3. The molecule has 62 valence electrons. The summed E-state index contributed by atoms with van der Waals surface area (Å²) in [4.78, 5) is 7.19. The van der Waals surface area contributed by atoms with Gasteiger partial charge < -0.3 is 10.3 Å². The molecule has 1 aromatic rings. The number of aryl methyl sites for hydroxylation is 1. The van der Waals surface area contributed by atoms with Gasteiger partial charge in [0.15, 0.2) is 0 Å². The first-order valence-electron chi connectivity index (χ1n) is 3.77. The van der Waals surface area contributed by atoms with Crippen LogP contribution in [0.5, 0.6) is 0 Å². The number of rotatable bonds is 1. The second-order valence-corrected chi connectivity index (χ2v) is 3.76. The van der Waals surface area contributed by atoms with Crippen molar-refractivity contribution < 1.29 is 0 Å². The smallest absolute Gasteiger partial charge is 0.123 e. The van der Waals surface area contributed by atoms with Crippen LogP contribution >= 0.6 is 0 Å². The summed E-state index contributed by atoms with van der Waals surface area (Å²) in [7, 11) is 0. The number of imidazole rings is 1. The van der Waals surface area contributed by atoms with Crippen LogP contribution in [0.4, 0.5) is 5.82 Å². The highest BCUT2D eigenvalue weighted by molar-refractivity contribution is 5.34. The van der Waals surface area contributed by atoms with Gasteiger partial charge in [0.1, 0.15) is 11.6 Å². The minimum absolute atomic E-state index is 0.0962. The summed E-state index contributed by atoms with van der Waals surface area (Å²) in [6.45, 7) is 8.28. The molecule has 1 heterocycles. The lowest BCUT2D eigenvalue weighted by Gasteiger charge is -2.20. The van der Waals surface area contributed by atoms with Crippen LogP contribution in [0.1, 0.15) is 26.6 Å². The van der Waals surface area contributed by atoms with Crippen molar-refractivity contribution in [3.05, 3.63) is 12.0 Å². The molecule has 11 heavy (non-hydrogen) atoms. The molecule has 2 N–H and O–H groups in total. The Labute approximate surface area is 67.2 Å². The van der Waals surface area contributed by atoms with Crippen LogP contribution in [0, 0.1) is 6.92 Å². The average molecular weight is 153 g/mol. The fourth-order valence-electron chi connectivity index (χ4n) is 0.888. The van der Waals surface area contributed by atoms with Crippen molar-refractivity contribution in [1.29, 1.82) is 0 Å². The Kier molecular flexibility index (Phi) is 1.89. The van der Waals surface area contributed by atoms with Crippen LogP contribution < -0.4 is 5.32 Å². The summed E-state index contributed by atoms with van der Waals surface area (Å²) >= 11 is 0. The average Bonchev–Trinajstić information content (AvgIpc) is 2.10. The lowest BCUT2D eigenvalue weighted by Crippen LogP contribution is -2.26. The standard InChI is InChI=1S/C8H15N3/c1-6-9-5-7(10-6)11-8(2,3)4/h5,11H,1-4H3,(H,9,10). The van der Waals surface area contributed by atoms with E-state index in [1.807, 2.05) is 6.92 Å². The molecule has 0 atom stereocenters. The van der Waals surface area contributed by atoms with Gasteiger partial charge in [-0.2, -0.15) is 0 Å². The first-order valence-corrected chi connectivity index (χ1v) is 3.77. The number of hydrogen-bond acceptors (Lipinski definition) is 2. The summed E-state index contributed by atoms with van der Waals surface area (Å²) in [6.07, 6.45) is 1.81. The van der Waals surface area contributed by atoms with Gasteiger partial charge >= 0.3 is 0 Å². The van der Waals surface area contributed by atoms with Crippen molar-refractivity contribution in [1.82, 2.24) is 9.97 Å². The lowest BCUT2D eigenvalue weighted by molar-refractivity contribution is 0.631. The lowest BCUT2D eigenvalue weighted by atomic mass is 10.1. The van der Waals surface area contributed by atoms with Gasteiger partial charge in [-0.3, -0.25) is 0 Å². The van der Waals surface area contributed by atoms with Crippen LogP contribution in [0.3, 0.4) is 0 Å². The second-order valence-electron chi connectivity index (χ2n) is 3.76. The molecule has 0 aliphatic rings. The molecule has 0 bridgehead atoms. The van der Waals surface area contributed by atoms with Gasteiger partial charge in [0.05, 0.1) is 6.20 Å². The maximum atomic E-state index is 4.08. The molecule has 0 saturated carbocycles. The zero-order valence-corrected chi connectivity index (χ0v) is 7.52. The minimum Gasteiger partial charge on any atom is -0.366 e. The topological polar surface area (TPSA) is 40.7 Å². The normalized spacial score (nSPS) is 11.6. The van der Waals surface area contributed by atoms with Crippen LogP contribution in [-0.2, 0) is 0 Å². The van der Waals surface area contributed by atoms with Crippen LogP contribution in [0.25, 0.3) is 0 Å². The van der Waals surface area contributed by atoms with Crippen LogP contribution in [0.15, 0.2) is 6.20 Å². The molecule has 0 saturated heterocycles. The van der Waals surface area contributed by atoms with Crippen molar-refractivity contribution in [2.24, 2.45) is 0 Å². The predicted molar refractivity (Wildman–Crippen MR) is 46.7 cm³/mol. The fraction of sp³-hybridized carbons (Fsp3) is 0.625. The molecule has 0 fully saturated rings. The van der Waals surface area contributed by atoms with Gasteiger partial charge in [-0.1, -0.05) is 0 Å². The van der Waals surface area contributed by atoms with Gasteiger partial charge in [-0.15, -0.1) is 0 Å². The molecule has 0 aliphatic carbocycles. The number of aromatic nitrogens is 2. The second kappa shape index (κ2) is 2.57. The molecular weight excluding hydrogens is 138 g/mol. The van der Waals surface area contributed by atoms with E-state index < -0.39 is 0 Å². The zero-order valence-electron chi connectivity index (χ0n) is 7.52. The Morgan fingerprint density at radius 2 is 2.09 bits per heavy atom. The van der Waals surface area contributed by atoms with E-state index in [0.29, 0.717) is 0 Å². The highest BCUT2D eigenvalue weighted by Crippen LogP contribution is 2.10. The van der Waals surface area contributed by atoms with Gasteiger partial charge in [0, 0.05) is 5.54 Å². The number of hydrogen-bond donors (Lipinski definition) is 2. The maximum Gasteiger partial charge on any atom is 0.123 e. The summed E-state index contributed by atoms with van der Waals surface area (Å²) in [5.74, 6) is 1.92. The van der Waals surface area contributed by atoms with Crippen molar-refractivity contribution in [3.8, 4) is 0 Å². The van der Waals surface area contributed by atoms with Crippen molar-refractivity contribution in [3.63, 3.8) is 0 Å². The van der Waals surface area contributed by atoms with E-state index in [1.54, 1.807) is 6.20 Å². The molecule has 3 heteroatoms. The van der Waals surface area contributed by atoms with E-state index in [1.165, 1.54) is 0 Å². The number of nitrogens with one attached hydrogen (secondary N) is 2. The molecule has 1 rings (SSSR count). The molecule has 0 amide bonds. The number of H-pyrrole nitrogens is 1. The summed E-state index contributed by atoms with van der Waals surface area (Å²) in [5, 5.41) is 3.28. The third-order valence-corrected chi connectivity index (χ3v) is 1.21. The fourth-order valence-corrected chi connectivity index (χ4v) is 0.888. The first-order chi connectivity index (χ1) is 4.97. The number of anilines is 1. The zero-order chi connectivity index (χ0) is 8.48. The third kappa shape index (κ3) is 2.62. The predicted octanol–water partition coefficient (Wildman–Crippen LogP) is 1.93. The molecule has 0 radical (unpaired) electrons. The molecule has 0 aliphatic heterocycles. The van der Waals surface area contributed by atoms with E-state index in [9.17, 15) is 0 Å². The van der Waals surface area contributed by atoms with Gasteiger partial charge in [-0.05, 0) is 27.7 Å². The molecule has 0 spiro atoms. The van der Waals surface area contributed by atoms with Crippen molar-refractivity contribution in [2.75, 3.05) is 5.32 Å². The number of nitrogens with zero attached hydrogens (tertiary/aromatic N) is 1. The van der Waals surface area contributed by atoms with E-state index in [0.717, 1.165) is 11.6 Å². The molecule has 3 nitrogen and oxygen atoms in total. The summed E-state index contributed by atoms with van der Waals surface area (Å²) in [5.41, 5.74) is 0.0962. The maximum absolute atomic E-state index is 4.08. The molecule has 0 aromatic carbocycles. The van der Waals surface area contributed by atoms with Gasteiger partial charge in [0.2, 0.25) is 0 Å². The Morgan fingerprint density at radius 1 is 1.45 bits per heavy atom. The third-order valence-electron chi connectivity index (χ3n) is 1.21. The largest absolute Gasteiger partial charge is 0.366 e. The summed E-state index contributed by atoms with van der Waals surface area (Å²) < 4.78 is 0. The Morgan fingerprint density at radius 3 is 2.45 bits per heavy atom. The monoisotopic (exact) mass is 153 g/mol. The Balaban J connectivity index is 2.65. The SMILES string of the molecule is Cc1ncc(NC(C)(C)C)[nH]1. The van der Waals surface area contributed by atoms with E-state index in [4.69, 9.17) is 0 Å². The van der Waals surface area contributed by atoms with E-state index >= 15 is 0 Å². The minimum atomic E-state index is 0.0962. The quantitative estimate of drug-likeness (QED) is 0.647. The molecule has 1 aromatic heterocycles. The highest BCUT2D eigenvalue weighted by atomic mass is 15.1. The van der Waals surface area contributed by atoms with Crippen LogP contribution in [-0.4, -0.2) is 15.5 Å². The first kappa shape index (κ1) is 8.11. The van der Waals surface area contributed by atoms with Crippen LogP contribution in [0.2, 0.25) is 0 Å². The van der Waals surface area contributed by atoms with Crippen molar-refractivity contribution >= 4 is 5.82 Å². The summed E-state index contributed by atoms with van der Waals surface area (Å²) in [6, 6.07) is 0. The Bertz CT molecular complexity index is 232.